The van der Waals surface area contributed by atoms with Crippen LogP contribution in [-0.4, -0.2) is 72.1 Å². The Morgan fingerprint density at radius 1 is 0.875 bits per heavy atom. The molecule has 1 spiro atoms. The first-order valence-corrected chi connectivity index (χ1v) is 6.64. The van der Waals surface area contributed by atoms with Crippen LogP contribution in [0.25, 0.3) is 0 Å². The summed E-state index contributed by atoms with van der Waals surface area (Å²) in [7, 11) is 2.23. The van der Waals surface area contributed by atoms with E-state index in [2.05, 4.69) is 49.4 Å². The lowest BCUT2D eigenvalue weighted by molar-refractivity contribution is -0.111. The SMILES string of the molecule is CC(C)N1CCN(C(C)C)C2(CN(C)C2)C1. The van der Waals surface area contributed by atoms with Crippen LogP contribution in [0, 0.1) is 0 Å². The molecule has 0 atom stereocenters. The maximum atomic E-state index is 2.73. The van der Waals surface area contributed by atoms with Crippen LogP contribution >= 0.6 is 0 Å². The van der Waals surface area contributed by atoms with Crippen molar-refractivity contribution in [2.75, 3.05) is 39.8 Å². The van der Waals surface area contributed by atoms with E-state index in [1.807, 2.05) is 0 Å². The van der Waals surface area contributed by atoms with Gasteiger partial charge in [0.05, 0.1) is 5.54 Å². The van der Waals surface area contributed by atoms with E-state index in [4.69, 9.17) is 0 Å². The molecule has 0 amide bonds. The number of hydrogen-bond donors (Lipinski definition) is 0. The summed E-state index contributed by atoms with van der Waals surface area (Å²) in [4.78, 5) is 7.82. The Hall–Kier alpha value is -0.120. The fraction of sp³-hybridized carbons (Fsp3) is 1.00. The Bertz CT molecular complexity index is 244. The molecule has 2 fully saturated rings. The first kappa shape index (κ1) is 12.3. The van der Waals surface area contributed by atoms with Gasteiger partial charge in [-0.3, -0.25) is 9.80 Å². The van der Waals surface area contributed by atoms with Crippen molar-refractivity contribution in [3.63, 3.8) is 0 Å². The number of likely N-dealkylation sites (N-methyl/N-ethyl adjacent to an activating group) is 1. The van der Waals surface area contributed by atoms with Gasteiger partial charge < -0.3 is 4.90 Å². The highest BCUT2D eigenvalue weighted by Gasteiger charge is 2.50. The molecule has 2 saturated heterocycles. The van der Waals surface area contributed by atoms with Gasteiger partial charge in [-0.1, -0.05) is 0 Å². The van der Waals surface area contributed by atoms with Crippen LogP contribution in [0.2, 0.25) is 0 Å². The molecule has 3 heteroatoms. The van der Waals surface area contributed by atoms with E-state index in [0.717, 1.165) is 0 Å². The van der Waals surface area contributed by atoms with E-state index < -0.39 is 0 Å². The average molecular weight is 225 g/mol. The van der Waals surface area contributed by atoms with Crippen molar-refractivity contribution in [3.8, 4) is 0 Å². The van der Waals surface area contributed by atoms with Gasteiger partial charge in [0, 0.05) is 44.8 Å². The zero-order valence-electron chi connectivity index (χ0n) is 11.5. The molecule has 0 aromatic heterocycles. The van der Waals surface area contributed by atoms with Crippen LogP contribution in [0.4, 0.5) is 0 Å². The topological polar surface area (TPSA) is 9.72 Å². The minimum Gasteiger partial charge on any atom is -0.302 e. The first-order chi connectivity index (χ1) is 7.44. The molecule has 0 N–H and O–H groups in total. The van der Waals surface area contributed by atoms with Crippen molar-refractivity contribution in [3.05, 3.63) is 0 Å². The standard InChI is InChI=1S/C13H27N3/c1-11(2)15-6-7-16(12(3)4)13(10-15)8-14(5)9-13/h11-12H,6-10H2,1-5H3. The molecule has 0 radical (unpaired) electrons. The summed E-state index contributed by atoms with van der Waals surface area (Å²) in [6.07, 6.45) is 0. The first-order valence-electron chi connectivity index (χ1n) is 6.64. The van der Waals surface area contributed by atoms with Gasteiger partial charge in [0.2, 0.25) is 0 Å². The molecule has 16 heavy (non-hydrogen) atoms. The molecule has 0 aromatic carbocycles. The van der Waals surface area contributed by atoms with E-state index in [0.29, 0.717) is 17.6 Å². The van der Waals surface area contributed by atoms with E-state index >= 15 is 0 Å². The quantitative estimate of drug-likeness (QED) is 0.697. The Morgan fingerprint density at radius 3 is 1.94 bits per heavy atom. The van der Waals surface area contributed by atoms with Gasteiger partial charge in [-0.15, -0.1) is 0 Å². The number of nitrogens with zero attached hydrogens (tertiary/aromatic N) is 3. The fourth-order valence-corrected chi connectivity index (χ4v) is 3.51. The molecule has 0 unspecified atom stereocenters. The van der Waals surface area contributed by atoms with Crippen LogP contribution in [0.15, 0.2) is 0 Å². The number of rotatable bonds is 2. The molecule has 0 aliphatic carbocycles. The summed E-state index contributed by atoms with van der Waals surface area (Å²) >= 11 is 0. The summed E-state index contributed by atoms with van der Waals surface area (Å²) in [6.45, 7) is 15.5. The second kappa shape index (κ2) is 4.28. The minimum absolute atomic E-state index is 0.450. The lowest BCUT2D eigenvalue weighted by Crippen LogP contribution is -2.77. The van der Waals surface area contributed by atoms with Gasteiger partial charge in [0.25, 0.3) is 0 Å². The number of hydrogen-bond acceptors (Lipinski definition) is 3. The van der Waals surface area contributed by atoms with Gasteiger partial charge in [-0.05, 0) is 34.7 Å². The van der Waals surface area contributed by atoms with Gasteiger partial charge in [-0.2, -0.15) is 0 Å². The third kappa shape index (κ3) is 2.01. The van der Waals surface area contributed by atoms with Crippen LogP contribution in [0.1, 0.15) is 27.7 Å². The summed E-state index contributed by atoms with van der Waals surface area (Å²) in [5, 5.41) is 0. The lowest BCUT2D eigenvalue weighted by atomic mass is 9.84. The molecule has 2 rings (SSSR count). The Labute approximate surface area is 100 Å². The smallest absolute Gasteiger partial charge is 0.0593 e. The monoisotopic (exact) mass is 225 g/mol. The zero-order valence-corrected chi connectivity index (χ0v) is 11.5. The average Bonchev–Trinajstić information content (AvgIpc) is 2.14. The lowest BCUT2D eigenvalue weighted by Gasteiger charge is -2.61. The van der Waals surface area contributed by atoms with E-state index in [1.54, 1.807) is 0 Å². The highest BCUT2D eigenvalue weighted by molar-refractivity contribution is 5.08. The summed E-state index contributed by atoms with van der Waals surface area (Å²) in [5.41, 5.74) is 0.450. The van der Waals surface area contributed by atoms with E-state index in [1.165, 1.54) is 32.7 Å². The molecule has 0 bridgehead atoms. The molecular formula is C13H27N3. The zero-order chi connectivity index (χ0) is 11.9. The Morgan fingerprint density at radius 2 is 1.50 bits per heavy atom. The maximum absolute atomic E-state index is 2.73. The molecular weight excluding hydrogens is 198 g/mol. The predicted octanol–water partition coefficient (Wildman–Crippen LogP) is 1.10. The molecule has 2 aliphatic rings. The highest BCUT2D eigenvalue weighted by atomic mass is 15.4. The summed E-state index contributed by atoms with van der Waals surface area (Å²) in [6, 6.07) is 1.38. The highest BCUT2D eigenvalue weighted by Crippen LogP contribution is 2.32. The van der Waals surface area contributed by atoms with E-state index in [9.17, 15) is 0 Å². The summed E-state index contributed by atoms with van der Waals surface area (Å²) in [5.74, 6) is 0. The second-order valence-electron chi connectivity index (χ2n) is 6.25. The molecule has 94 valence electrons. The molecule has 2 aliphatic heterocycles. The Kier molecular flexibility index (Phi) is 3.30. The van der Waals surface area contributed by atoms with Crippen molar-refractivity contribution in [1.82, 2.24) is 14.7 Å². The number of likely N-dealkylation sites (tertiary alicyclic amines) is 1. The van der Waals surface area contributed by atoms with Crippen molar-refractivity contribution < 1.29 is 0 Å². The van der Waals surface area contributed by atoms with Crippen molar-refractivity contribution in [2.24, 2.45) is 0 Å². The second-order valence-corrected chi connectivity index (χ2v) is 6.25. The predicted molar refractivity (Wildman–Crippen MR) is 68.8 cm³/mol. The van der Waals surface area contributed by atoms with Crippen LogP contribution in [0.3, 0.4) is 0 Å². The maximum Gasteiger partial charge on any atom is 0.0593 e. The van der Waals surface area contributed by atoms with E-state index in [-0.39, 0.29) is 0 Å². The van der Waals surface area contributed by atoms with Crippen LogP contribution < -0.4 is 0 Å². The number of piperazine rings is 1. The van der Waals surface area contributed by atoms with Gasteiger partial charge >= 0.3 is 0 Å². The normalized spacial score (nSPS) is 27.9. The van der Waals surface area contributed by atoms with Crippen molar-refractivity contribution in [2.45, 2.75) is 45.3 Å². The third-order valence-corrected chi connectivity index (χ3v) is 4.22. The van der Waals surface area contributed by atoms with Crippen LogP contribution in [0.5, 0.6) is 0 Å². The van der Waals surface area contributed by atoms with Crippen molar-refractivity contribution >= 4 is 0 Å². The van der Waals surface area contributed by atoms with Gasteiger partial charge in [-0.25, -0.2) is 0 Å². The van der Waals surface area contributed by atoms with Crippen LogP contribution in [-0.2, 0) is 0 Å². The third-order valence-electron chi connectivity index (χ3n) is 4.22. The molecule has 2 heterocycles. The van der Waals surface area contributed by atoms with Gasteiger partial charge in [0.15, 0.2) is 0 Å². The fourth-order valence-electron chi connectivity index (χ4n) is 3.51. The minimum atomic E-state index is 0.450. The molecule has 0 aromatic rings. The molecule has 3 nitrogen and oxygen atoms in total. The van der Waals surface area contributed by atoms with Gasteiger partial charge in [0.1, 0.15) is 0 Å². The molecule has 0 saturated carbocycles. The largest absolute Gasteiger partial charge is 0.302 e. The summed E-state index contributed by atoms with van der Waals surface area (Å²) < 4.78 is 0. The van der Waals surface area contributed by atoms with Crippen molar-refractivity contribution in [1.29, 1.82) is 0 Å². The Balaban J connectivity index is 2.08.